The van der Waals surface area contributed by atoms with Crippen LogP contribution in [0.3, 0.4) is 0 Å². The molecule has 1 atom stereocenters. The smallest absolute Gasteiger partial charge is 0.0194 e. The SMILES string of the molecule is CCC(CN(C)CC)NC(C)C. The summed E-state index contributed by atoms with van der Waals surface area (Å²) in [4.78, 5) is 2.35. The van der Waals surface area contributed by atoms with Crippen molar-refractivity contribution in [2.75, 3.05) is 20.1 Å². The Morgan fingerprint density at radius 2 is 1.83 bits per heavy atom. The van der Waals surface area contributed by atoms with Crippen molar-refractivity contribution in [3.8, 4) is 0 Å². The largest absolute Gasteiger partial charge is 0.311 e. The van der Waals surface area contributed by atoms with Crippen LogP contribution in [0.5, 0.6) is 0 Å². The monoisotopic (exact) mass is 172 g/mol. The van der Waals surface area contributed by atoms with Gasteiger partial charge in [0.1, 0.15) is 0 Å². The maximum atomic E-state index is 3.55. The number of nitrogens with one attached hydrogen (secondary N) is 1. The molecule has 0 aromatic carbocycles. The van der Waals surface area contributed by atoms with E-state index >= 15 is 0 Å². The molecule has 0 aliphatic heterocycles. The zero-order chi connectivity index (χ0) is 9.56. The zero-order valence-electron chi connectivity index (χ0n) is 9.22. The van der Waals surface area contributed by atoms with Gasteiger partial charge in [-0.2, -0.15) is 0 Å². The summed E-state index contributed by atoms with van der Waals surface area (Å²) < 4.78 is 0. The molecule has 12 heavy (non-hydrogen) atoms. The van der Waals surface area contributed by atoms with Gasteiger partial charge in [0, 0.05) is 18.6 Å². The average Bonchev–Trinajstić information content (AvgIpc) is 2.02. The van der Waals surface area contributed by atoms with Crippen molar-refractivity contribution in [3.05, 3.63) is 0 Å². The fourth-order valence-corrected chi connectivity index (χ4v) is 1.28. The van der Waals surface area contributed by atoms with Crippen molar-refractivity contribution in [2.45, 2.75) is 46.2 Å². The normalized spacial score (nSPS) is 14.2. The maximum absolute atomic E-state index is 3.55. The van der Waals surface area contributed by atoms with Crippen LogP contribution < -0.4 is 5.32 Å². The predicted molar refractivity (Wildman–Crippen MR) is 55.5 cm³/mol. The summed E-state index contributed by atoms with van der Waals surface area (Å²) in [7, 11) is 2.17. The van der Waals surface area contributed by atoms with Crippen LogP contribution >= 0.6 is 0 Å². The molecule has 2 nitrogen and oxygen atoms in total. The van der Waals surface area contributed by atoms with Crippen LogP contribution in [0.15, 0.2) is 0 Å². The highest BCUT2D eigenvalue weighted by atomic mass is 15.1. The molecule has 1 N–H and O–H groups in total. The summed E-state index contributed by atoms with van der Waals surface area (Å²) in [5.41, 5.74) is 0. The minimum absolute atomic E-state index is 0.597. The van der Waals surface area contributed by atoms with E-state index in [1.165, 1.54) is 6.42 Å². The van der Waals surface area contributed by atoms with Gasteiger partial charge in [0.25, 0.3) is 0 Å². The molecule has 0 rings (SSSR count). The third kappa shape index (κ3) is 5.56. The molecular formula is C10H24N2. The Bertz CT molecular complexity index is 102. The van der Waals surface area contributed by atoms with Gasteiger partial charge in [-0.05, 0) is 20.0 Å². The second-order valence-electron chi connectivity index (χ2n) is 3.78. The second-order valence-corrected chi connectivity index (χ2v) is 3.78. The summed E-state index contributed by atoms with van der Waals surface area (Å²) in [5.74, 6) is 0. The van der Waals surface area contributed by atoms with Crippen LogP contribution in [0.25, 0.3) is 0 Å². The number of hydrogen-bond acceptors (Lipinski definition) is 2. The Hall–Kier alpha value is -0.0800. The molecule has 0 fully saturated rings. The first-order valence-electron chi connectivity index (χ1n) is 5.04. The third-order valence-electron chi connectivity index (χ3n) is 2.13. The van der Waals surface area contributed by atoms with Gasteiger partial charge in [0.2, 0.25) is 0 Å². The Kier molecular flexibility index (Phi) is 6.39. The first kappa shape index (κ1) is 11.9. The molecular weight excluding hydrogens is 148 g/mol. The minimum Gasteiger partial charge on any atom is -0.311 e. The van der Waals surface area contributed by atoms with Gasteiger partial charge in [0.05, 0.1) is 0 Å². The summed E-state index contributed by atoms with van der Waals surface area (Å²) in [6.07, 6.45) is 1.21. The van der Waals surface area contributed by atoms with Gasteiger partial charge >= 0.3 is 0 Å². The van der Waals surface area contributed by atoms with Gasteiger partial charge in [-0.25, -0.2) is 0 Å². The quantitative estimate of drug-likeness (QED) is 0.656. The molecule has 74 valence electrons. The van der Waals surface area contributed by atoms with Gasteiger partial charge in [-0.15, -0.1) is 0 Å². The topological polar surface area (TPSA) is 15.3 Å². The lowest BCUT2D eigenvalue weighted by molar-refractivity contribution is 0.287. The Balaban J connectivity index is 3.66. The molecule has 0 aliphatic carbocycles. The van der Waals surface area contributed by atoms with E-state index in [1.54, 1.807) is 0 Å². The van der Waals surface area contributed by atoms with Gasteiger partial charge < -0.3 is 10.2 Å². The summed E-state index contributed by atoms with van der Waals surface area (Å²) in [6.45, 7) is 11.1. The van der Waals surface area contributed by atoms with Gasteiger partial charge in [0.15, 0.2) is 0 Å². The highest BCUT2D eigenvalue weighted by Crippen LogP contribution is 1.96. The number of likely N-dealkylation sites (N-methyl/N-ethyl adjacent to an activating group) is 1. The van der Waals surface area contributed by atoms with Crippen LogP contribution in [0, 0.1) is 0 Å². The molecule has 1 unspecified atom stereocenters. The number of nitrogens with zero attached hydrogens (tertiary/aromatic N) is 1. The fourth-order valence-electron chi connectivity index (χ4n) is 1.28. The Morgan fingerprint density at radius 3 is 2.17 bits per heavy atom. The van der Waals surface area contributed by atoms with Crippen LogP contribution in [0.1, 0.15) is 34.1 Å². The number of rotatable bonds is 6. The van der Waals surface area contributed by atoms with E-state index in [4.69, 9.17) is 0 Å². The number of hydrogen-bond donors (Lipinski definition) is 1. The average molecular weight is 172 g/mol. The van der Waals surface area contributed by atoms with Crippen molar-refractivity contribution in [2.24, 2.45) is 0 Å². The summed E-state index contributed by atoms with van der Waals surface area (Å²) in [5, 5.41) is 3.55. The summed E-state index contributed by atoms with van der Waals surface area (Å²) in [6, 6.07) is 1.25. The zero-order valence-corrected chi connectivity index (χ0v) is 9.22. The molecule has 0 amide bonds. The lowest BCUT2D eigenvalue weighted by Gasteiger charge is -2.24. The lowest BCUT2D eigenvalue weighted by Crippen LogP contribution is -2.42. The van der Waals surface area contributed by atoms with Crippen molar-refractivity contribution in [1.29, 1.82) is 0 Å². The Labute approximate surface area is 77.3 Å². The molecule has 2 heteroatoms. The van der Waals surface area contributed by atoms with Crippen LogP contribution in [-0.2, 0) is 0 Å². The van der Waals surface area contributed by atoms with Crippen molar-refractivity contribution >= 4 is 0 Å². The van der Waals surface area contributed by atoms with E-state index in [9.17, 15) is 0 Å². The molecule has 0 saturated heterocycles. The fraction of sp³-hybridized carbons (Fsp3) is 1.00. The Morgan fingerprint density at radius 1 is 1.25 bits per heavy atom. The summed E-state index contributed by atoms with van der Waals surface area (Å²) >= 11 is 0. The van der Waals surface area contributed by atoms with Crippen LogP contribution in [-0.4, -0.2) is 37.1 Å². The molecule has 0 spiro atoms. The molecule has 0 aromatic rings. The van der Waals surface area contributed by atoms with Crippen molar-refractivity contribution in [3.63, 3.8) is 0 Å². The lowest BCUT2D eigenvalue weighted by atomic mass is 10.2. The minimum atomic E-state index is 0.597. The third-order valence-corrected chi connectivity index (χ3v) is 2.13. The van der Waals surface area contributed by atoms with Crippen LogP contribution in [0.2, 0.25) is 0 Å². The highest BCUT2D eigenvalue weighted by Gasteiger charge is 2.08. The standard InChI is InChI=1S/C10H24N2/c1-6-10(11-9(3)4)8-12(5)7-2/h9-11H,6-8H2,1-5H3. The van der Waals surface area contributed by atoms with E-state index in [1.807, 2.05) is 0 Å². The van der Waals surface area contributed by atoms with E-state index in [0.717, 1.165) is 13.1 Å². The van der Waals surface area contributed by atoms with E-state index < -0.39 is 0 Å². The molecule has 0 bridgehead atoms. The van der Waals surface area contributed by atoms with E-state index in [2.05, 4.69) is 45.0 Å². The van der Waals surface area contributed by atoms with Crippen LogP contribution in [0.4, 0.5) is 0 Å². The molecule has 0 radical (unpaired) electrons. The van der Waals surface area contributed by atoms with Crippen molar-refractivity contribution < 1.29 is 0 Å². The second kappa shape index (κ2) is 6.44. The van der Waals surface area contributed by atoms with Gasteiger partial charge in [-0.3, -0.25) is 0 Å². The predicted octanol–water partition coefficient (Wildman–Crippen LogP) is 1.71. The highest BCUT2D eigenvalue weighted by molar-refractivity contribution is 4.70. The molecule has 0 aliphatic rings. The van der Waals surface area contributed by atoms with E-state index in [-0.39, 0.29) is 0 Å². The maximum Gasteiger partial charge on any atom is 0.0194 e. The molecule has 0 aromatic heterocycles. The van der Waals surface area contributed by atoms with E-state index in [0.29, 0.717) is 12.1 Å². The first-order chi connectivity index (χ1) is 5.60. The molecule has 0 saturated carbocycles. The molecule has 0 heterocycles. The first-order valence-corrected chi connectivity index (χ1v) is 5.04. The van der Waals surface area contributed by atoms with Crippen molar-refractivity contribution in [1.82, 2.24) is 10.2 Å². The van der Waals surface area contributed by atoms with Gasteiger partial charge in [-0.1, -0.05) is 27.7 Å².